The third kappa shape index (κ3) is 3.69. The lowest BCUT2D eigenvalue weighted by molar-refractivity contribution is 0.102. The highest BCUT2D eigenvalue weighted by Gasteiger charge is 2.08. The molecule has 0 atom stereocenters. The van der Waals surface area contributed by atoms with Gasteiger partial charge in [-0.3, -0.25) is 4.79 Å². The zero-order valence-corrected chi connectivity index (χ0v) is 11.1. The molecule has 0 saturated carbocycles. The van der Waals surface area contributed by atoms with Crippen LogP contribution in [0.1, 0.15) is 17.4 Å². The molecule has 98 valence electrons. The average Bonchev–Trinajstić information content (AvgIpc) is 2.39. The van der Waals surface area contributed by atoms with Crippen LogP contribution in [0.25, 0.3) is 0 Å². The van der Waals surface area contributed by atoms with Crippen molar-refractivity contribution < 1.29 is 9.53 Å². The van der Waals surface area contributed by atoms with E-state index in [9.17, 15) is 4.79 Å². The smallest absolute Gasteiger partial charge is 0.274 e. The van der Waals surface area contributed by atoms with Crippen molar-refractivity contribution in [2.75, 3.05) is 11.9 Å². The largest absolute Gasteiger partial charge is 0.494 e. The topological polar surface area (TPSA) is 51.2 Å². The molecule has 1 amide bonds. The van der Waals surface area contributed by atoms with E-state index in [4.69, 9.17) is 16.3 Å². The van der Waals surface area contributed by atoms with Gasteiger partial charge in [0.15, 0.2) is 0 Å². The van der Waals surface area contributed by atoms with Crippen LogP contribution in [0.15, 0.2) is 42.5 Å². The van der Waals surface area contributed by atoms with Gasteiger partial charge in [-0.05, 0) is 31.2 Å². The summed E-state index contributed by atoms with van der Waals surface area (Å²) in [5.41, 5.74) is 0.923. The van der Waals surface area contributed by atoms with Crippen LogP contribution in [0.5, 0.6) is 5.75 Å². The second kappa shape index (κ2) is 6.20. The molecule has 1 N–H and O–H groups in total. The molecule has 0 saturated heterocycles. The molecule has 0 spiro atoms. The molecule has 2 rings (SSSR count). The van der Waals surface area contributed by atoms with Gasteiger partial charge in [-0.2, -0.15) is 0 Å². The molecule has 1 aromatic heterocycles. The Kier molecular flexibility index (Phi) is 4.36. The van der Waals surface area contributed by atoms with Gasteiger partial charge in [0.05, 0.1) is 6.61 Å². The van der Waals surface area contributed by atoms with E-state index in [1.807, 2.05) is 19.1 Å². The SMILES string of the molecule is CCOc1cccc(NC(=O)c2cccc(Cl)n2)c1. The molecule has 1 heterocycles. The van der Waals surface area contributed by atoms with Crippen molar-refractivity contribution in [1.29, 1.82) is 0 Å². The predicted molar refractivity (Wildman–Crippen MR) is 74.8 cm³/mol. The number of carbonyl (C=O) groups is 1. The Morgan fingerprint density at radius 3 is 2.84 bits per heavy atom. The number of benzene rings is 1. The van der Waals surface area contributed by atoms with Gasteiger partial charge in [-0.1, -0.05) is 23.7 Å². The van der Waals surface area contributed by atoms with Gasteiger partial charge in [-0.25, -0.2) is 4.98 Å². The highest BCUT2D eigenvalue weighted by molar-refractivity contribution is 6.29. The average molecular weight is 277 g/mol. The Morgan fingerprint density at radius 2 is 2.11 bits per heavy atom. The number of nitrogens with zero attached hydrogens (tertiary/aromatic N) is 1. The van der Waals surface area contributed by atoms with Crippen molar-refractivity contribution in [2.45, 2.75) is 6.92 Å². The predicted octanol–water partition coefficient (Wildman–Crippen LogP) is 3.39. The molecular formula is C14H13ClN2O2. The zero-order chi connectivity index (χ0) is 13.7. The number of pyridine rings is 1. The number of aromatic nitrogens is 1. The fourth-order valence-electron chi connectivity index (χ4n) is 1.56. The zero-order valence-electron chi connectivity index (χ0n) is 10.4. The van der Waals surface area contributed by atoms with Crippen LogP contribution in [0.4, 0.5) is 5.69 Å². The fraction of sp³-hybridized carbons (Fsp3) is 0.143. The minimum Gasteiger partial charge on any atom is -0.494 e. The summed E-state index contributed by atoms with van der Waals surface area (Å²) in [6.07, 6.45) is 0. The van der Waals surface area contributed by atoms with E-state index in [-0.39, 0.29) is 16.8 Å². The van der Waals surface area contributed by atoms with Crippen LogP contribution in [-0.4, -0.2) is 17.5 Å². The maximum atomic E-state index is 12.0. The molecule has 19 heavy (non-hydrogen) atoms. The normalized spacial score (nSPS) is 10.0. The van der Waals surface area contributed by atoms with Crippen molar-refractivity contribution in [1.82, 2.24) is 4.98 Å². The first-order valence-corrected chi connectivity index (χ1v) is 6.23. The molecule has 0 bridgehead atoms. The number of hydrogen-bond donors (Lipinski definition) is 1. The molecule has 1 aromatic carbocycles. The number of carbonyl (C=O) groups excluding carboxylic acids is 1. The molecule has 0 fully saturated rings. The van der Waals surface area contributed by atoms with Gasteiger partial charge in [0.1, 0.15) is 16.6 Å². The minimum absolute atomic E-state index is 0.273. The van der Waals surface area contributed by atoms with Gasteiger partial charge in [0.2, 0.25) is 0 Å². The Balaban J connectivity index is 2.12. The van der Waals surface area contributed by atoms with Gasteiger partial charge >= 0.3 is 0 Å². The highest BCUT2D eigenvalue weighted by atomic mass is 35.5. The summed E-state index contributed by atoms with van der Waals surface area (Å²) in [5, 5.41) is 3.03. The van der Waals surface area contributed by atoms with Crippen molar-refractivity contribution in [3.63, 3.8) is 0 Å². The summed E-state index contributed by atoms with van der Waals surface area (Å²) in [7, 11) is 0. The van der Waals surface area contributed by atoms with E-state index in [0.717, 1.165) is 0 Å². The van der Waals surface area contributed by atoms with Crippen LogP contribution >= 0.6 is 11.6 Å². The molecule has 5 heteroatoms. The summed E-state index contributed by atoms with van der Waals surface area (Å²) in [5.74, 6) is 0.399. The quantitative estimate of drug-likeness (QED) is 0.871. The Hall–Kier alpha value is -2.07. The number of amides is 1. The molecule has 0 aliphatic rings. The first kappa shape index (κ1) is 13.4. The van der Waals surface area contributed by atoms with Gasteiger partial charge in [0.25, 0.3) is 5.91 Å². The summed E-state index contributed by atoms with van der Waals surface area (Å²) >= 11 is 5.75. The van der Waals surface area contributed by atoms with Crippen LogP contribution in [0, 0.1) is 0 Å². The monoisotopic (exact) mass is 276 g/mol. The standard InChI is InChI=1S/C14H13ClN2O2/c1-2-19-11-6-3-5-10(9-11)16-14(18)12-7-4-8-13(15)17-12/h3-9H,2H2,1H3,(H,16,18). The van der Waals surface area contributed by atoms with Crippen molar-refractivity contribution in [3.8, 4) is 5.75 Å². The molecule has 0 aliphatic carbocycles. The Morgan fingerprint density at radius 1 is 1.32 bits per heavy atom. The fourth-order valence-corrected chi connectivity index (χ4v) is 1.72. The van der Waals surface area contributed by atoms with E-state index in [1.165, 1.54) is 0 Å². The highest BCUT2D eigenvalue weighted by Crippen LogP contribution is 2.18. The van der Waals surface area contributed by atoms with Crippen LogP contribution in [0.2, 0.25) is 5.15 Å². The van der Waals surface area contributed by atoms with Crippen LogP contribution in [0.3, 0.4) is 0 Å². The van der Waals surface area contributed by atoms with E-state index in [0.29, 0.717) is 18.0 Å². The van der Waals surface area contributed by atoms with Crippen molar-refractivity contribution in [2.24, 2.45) is 0 Å². The van der Waals surface area contributed by atoms with Crippen LogP contribution < -0.4 is 10.1 Å². The lowest BCUT2D eigenvalue weighted by Gasteiger charge is -2.07. The summed E-state index contributed by atoms with van der Waals surface area (Å²) in [4.78, 5) is 15.9. The van der Waals surface area contributed by atoms with Crippen LogP contribution in [-0.2, 0) is 0 Å². The van der Waals surface area contributed by atoms with Crippen molar-refractivity contribution >= 4 is 23.2 Å². The number of anilines is 1. The molecule has 0 aliphatic heterocycles. The van der Waals surface area contributed by atoms with Crippen molar-refractivity contribution in [3.05, 3.63) is 53.3 Å². The maximum absolute atomic E-state index is 12.0. The number of nitrogens with one attached hydrogen (secondary N) is 1. The summed E-state index contributed by atoms with van der Waals surface area (Å²) < 4.78 is 5.36. The first-order chi connectivity index (χ1) is 9.19. The number of ether oxygens (including phenoxy) is 1. The van der Waals surface area contributed by atoms with Gasteiger partial charge < -0.3 is 10.1 Å². The second-order valence-electron chi connectivity index (χ2n) is 3.76. The van der Waals surface area contributed by atoms with E-state index in [1.54, 1.807) is 30.3 Å². The lowest BCUT2D eigenvalue weighted by atomic mass is 10.2. The summed E-state index contributed by atoms with van der Waals surface area (Å²) in [6, 6.07) is 12.1. The van der Waals surface area contributed by atoms with Gasteiger partial charge in [-0.15, -0.1) is 0 Å². The second-order valence-corrected chi connectivity index (χ2v) is 4.15. The summed E-state index contributed by atoms with van der Waals surface area (Å²) in [6.45, 7) is 2.48. The Labute approximate surface area is 116 Å². The van der Waals surface area contributed by atoms with Gasteiger partial charge in [0, 0.05) is 11.8 Å². The Bertz CT molecular complexity index is 587. The first-order valence-electron chi connectivity index (χ1n) is 5.86. The number of halogens is 1. The van der Waals surface area contributed by atoms with E-state index < -0.39 is 0 Å². The molecule has 4 nitrogen and oxygen atoms in total. The lowest BCUT2D eigenvalue weighted by Crippen LogP contribution is -2.13. The maximum Gasteiger partial charge on any atom is 0.274 e. The molecule has 0 unspecified atom stereocenters. The molecular weight excluding hydrogens is 264 g/mol. The minimum atomic E-state index is -0.309. The molecule has 2 aromatic rings. The molecule has 0 radical (unpaired) electrons. The van der Waals surface area contributed by atoms with E-state index >= 15 is 0 Å². The van der Waals surface area contributed by atoms with E-state index in [2.05, 4.69) is 10.3 Å². The number of hydrogen-bond acceptors (Lipinski definition) is 3. The number of rotatable bonds is 4. The third-order valence-corrected chi connectivity index (χ3v) is 2.56. The third-order valence-electron chi connectivity index (χ3n) is 2.35.